The van der Waals surface area contributed by atoms with Gasteiger partial charge in [0.15, 0.2) is 5.43 Å². The van der Waals surface area contributed by atoms with Crippen molar-refractivity contribution in [3.63, 3.8) is 0 Å². The Hall–Kier alpha value is -2.57. The van der Waals surface area contributed by atoms with Crippen molar-refractivity contribution in [3.8, 4) is 0 Å². The summed E-state index contributed by atoms with van der Waals surface area (Å²) in [5, 5.41) is 1.44. The number of pyridine rings is 1. The predicted octanol–water partition coefficient (Wildman–Crippen LogP) is 3.80. The van der Waals surface area contributed by atoms with Gasteiger partial charge in [-0.3, -0.25) is 4.79 Å². The fourth-order valence-corrected chi connectivity index (χ4v) is 2.44. The van der Waals surface area contributed by atoms with Gasteiger partial charge in [-0.15, -0.1) is 5.73 Å². The Bertz CT molecular complexity index is 836. The summed E-state index contributed by atoms with van der Waals surface area (Å²) in [5.41, 5.74) is 5.64. The number of fused-ring (bicyclic) bond motifs is 2. The molecule has 0 aliphatic rings. The van der Waals surface area contributed by atoms with Crippen molar-refractivity contribution in [3.05, 3.63) is 71.1 Å². The molecule has 0 unspecified atom stereocenters. The average molecular weight is 247 g/mol. The number of allylic oxidation sites excluding steroid dienone is 1. The number of hydrogen-bond acceptors (Lipinski definition) is 1. The summed E-state index contributed by atoms with van der Waals surface area (Å²) in [6.45, 7) is 5.65. The number of hydrogen-bond donors (Lipinski definition) is 0. The molecule has 1 aromatic heterocycles. The first-order chi connectivity index (χ1) is 9.24. The highest BCUT2D eigenvalue weighted by Gasteiger charge is 2.10. The third kappa shape index (κ3) is 1.62. The molecule has 0 saturated heterocycles. The van der Waals surface area contributed by atoms with Gasteiger partial charge in [0.1, 0.15) is 0 Å². The van der Waals surface area contributed by atoms with Gasteiger partial charge >= 0.3 is 0 Å². The minimum Gasteiger partial charge on any atom is -0.306 e. The molecule has 0 fully saturated rings. The van der Waals surface area contributed by atoms with E-state index < -0.39 is 0 Å². The Morgan fingerprint density at radius 3 is 1.95 bits per heavy atom. The maximum Gasteiger partial charge on any atom is 0.197 e. The van der Waals surface area contributed by atoms with Crippen LogP contribution in [0.3, 0.4) is 0 Å². The molecule has 0 saturated carbocycles. The topological polar surface area (TPSA) is 22.0 Å². The third-order valence-corrected chi connectivity index (χ3v) is 3.37. The SMILES string of the molecule is C=C=C(C)n1c2ccccc2c(=O)c2ccccc21. The lowest BCUT2D eigenvalue weighted by Gasteiger charge is -2.13. The van der Waals surface area contributed by atoms with Gasteiger partial charge in [0.25, 0.3) is 0 Å². The monoisotopic (exact) mass is 247 g/mol. The first-order valence-electron chi connectivity index (χ1n) is 6.13. The summed E-state index contributed by atoms with van der Waals surface area (Å²) in [6.07, 6.45) is 0. The second kappa shape index (κ2) is 4.27. The fourth-order valence-electron chi connectivity index (χ4n) is 2.44. The van der Waals surface area contributed by atoms with E-state index in [2.05, 4.69) is 12.3 Å². The summed E-state index contributed by atoms with van der Waals surface area (Å²) >= 11 is 0. The first-order valence-corrected chi connectivity index (χ1v) is 6.13. The van der Waals surface area contributed by atoms with Crippen LogP contribution in [0.5, 0.6) is 0 Å². The normalized spacial score (nSPS) is 10.6. The molecule has 19 heavy (non-hydrogen) atoms. The van der Waals surface area contributed by atoms with Crippen molar-refractivity contribution < 1.29 is 0 Å². The highest BCUT2D eigenvalue weighted by atomic mass is 16.1. The largest absolute Gasteiger partial charge is 0.306 e. The van der Waals surface area contributed by atoms with Crippen molar-refractivity contribution in [1.82, 2.24) is 4.57 Å². The van der Waals surface area contributed by atoms with Crippen LogP contribution in [-0.4, -0.2) is 4.57 Å². The molecule has 0 radical (unpaired) electrons. The van der Waals surface area contributed by atoms with Gasteiger partial charge in [0, 0.05) is 10.8 Å². The zero-order chi connectivity index (χ0) is 13.4. The average Bonchev–Trinajstić information content (AvgIpc) is 2.47. The second-order valence-corrected chi connectivity index (χ2v) is 4.46. The van der Waals surface area contributed by atoms with Crippen LogP contribution in [0.4, 0.5) is 0 Å². The van der Waals surface area contributed by atoms with E-state index in [1.165, 1.54) is 0 Å². The number of benzene rings is 2. The molecule has 2 aromatic carbocycles. The van der Waals surface area contributed by atoms with Gasteiger partial charge in [-0.05, 0) is 31.2 Å². The molecule has 1 heterocycles. The molecule has 0 spiro atoms. The number of para-hydroxylation sites is 2. The quantitative estimate of drug-likeness (QED) is 0.473. The van der Waals surface area contributed by atoms with Crippen molar-refractivity contribution in [2.24, 2.45) is 0 Å². The smallest absolute Gasteiger partial charge is 0.197 e. The van der Waals surface area contributed by atoms with Crippen molar-refractivity contribution >= 4 is 27.5 Å². The van der Waals surface area contributed by atoms with E-state index in [9.17, 15) is 4.79 Å². The van der Waals surface area contributed by atoms with Crippen LogP contribution in [0.1, 0.15) is 6.92 Å². The molecule has 3 rings (SSSR count). The summed E-state index contributed by atoms with van der Waals surface area (Å²) in [5.74, 6) is 0. The van der Waals surface area contributed by atoms with Crippen LogP contribution >= 0.6 is 0 Å². The molecular weight excluding hydrogens is 234 g/mol. The van der Waals surface area contributed by atoms with Crippen molar-refractivity contribution in [1.29, 1.82) is 0 Å². The Kier molecular flexibility index (Phi) is 2.59. The van der Waals surface area contributed by atoms with Crippen LogP contribution in [0, 0.1) is 0 Å². The maximum absolute atomic E-state index is 12.5. The van der Waals surface area contributed by atoms with E-state index in [-0.39, 0.29) is 5.43 Å². The predicted molar refractivity (Wildman–Crippen MR) is 80.2 cm³/mol. The molecule has 0 N–H and O–H groups in total. The van der Waals surface area contributed by atoms with E-state index in [0.717, 1.165) is 27.5 Å². The van der Waals surface area contributed by atoms with Gasteiger partial charge in [0.2, 0.25) is 0 Å². The van der Waals surface area contributed by atoms with Crippen LogP contribution < -0.4 is 5.43 Å². The molecule has 0 atom stereocenters. The first kappa shape index (κ1) is 11.5. The highest BCUT2D eigenvalue weighted by molar-refractivity contribution is 5.96. The van der Waals surface area contributed by atoms with Gasteiger partial charge in [-0.25, -0.2) is 0 Å². The van der Waals surface area contributed by atoms with Gasteiger partial charge < -0.3 is 4.57 Å². The highest BCUT2D eigenvalue weighted by Crippen LogP contribution is 2.22. The maximum atomic E-state index is 12.5. The molecule has 3 aromatic rings. The number of nitrogens with zero attached hydrogens (tertiary/aromatic N) is 1. The molecule has 0 bridgehead atoms. The Balaban J connectivity index is 2.73. The molecular formula is C17H13NO. The lowest BCUT2D eigenvalue weighted by molar-refractivity contribution is 1.19. The Labute approximate surface area is 110 Å². The zero-order valence-corrected chi connectivity index (χ0v) is 10.7. The Morgan fingerprint density at radius 2 is 1.47 bits per heavy atom. The van der Waals surface area contributed by atoms with Crippen molar-refractivity contribution in [2.45, 2.75) is 6.92 Å². The van der Waals surface area contributed by atoms with E-state index in [0.29, 0.717) is 0 Å². The second-order valence-electron chi connectivity index (χ2n) is 4.46. The van der Waals surface area contributed by atoms with Gasteiger partial charge in [0.05, 0.1) is 16.7 Å². The van der Waals surface area contributed by atoms with E-state index in [4.69, 9.17) is 0 Å². The number of rotatable bonds is 1. The minimum atomic E-state index is 0.0688. The van der Waals surface area contributed by atoms with Crippen molar-refractivity contribution in [2.75, 3.05) is 0 Å². The number of aromatic nitrogens is 1. The molecule has 2 heteroatoms. The lowest BCUT2D eigenvalue weighted by atomic mass is 10.1. The van der Waals surface area contributed by atoms with Crippen LogP contribution in [0.25, 0.3) is 27.5 Å². The lowest BCUT2D eigenvalue weighted by Crippen LogP contribution is -2.09. The van der Waals surface area contributed by atoms with Crippen LogP contribution in [0.15, 0.2) is 65.6 Å². The Morgan fingerprint density at radius 1 is 1.00 bits per heavy atom. The fraction of sp³-hybridized carbons (Fsp3) is 0.0588. The van der Waals surface area contributed by atoms with E-state index >= 15 is 0 Å². The molecule has 92 valence electrons. The van der Waals surface area contributed by atoms with Crippen LogP contribution in [0.2, 0.25) is 0 Å². The molecule has 0 aliphatic carbocycles. The summed E-state index contributed by atoms with van der Waals surface area (Å²) in [7, 11) is 0. The molecule has 0 amide bonds. The van der Waals surface area contributed by atoms with E-state index in [1.54, 1.807) is 0 Å². The van der Waals surface area contributed by atoms with Gasteiger partial charge in [-0.1, -0.05) is 30.8 Å². The standard InChI is InChI=1S/C17H13NO/c1-3-12(2)18-15-10-6-4-8-13(15)17(19)14-9-5-7-11-16(14)18/h4-11H,1H2,2H3. The van der Waals surface area contributed by atoms with Crippen LogP contribution in [-0.2, 0) is 0 Å². The van der Waals surface area contributed by atoms with E-state index in [1.807, 2.05) is 60.0 Å². The molecule has 0 aliphatic heterocycles. The van der Waals surface area contributed by atoms with Gasteiger partial charge in [-0.2, -0.15) is 0 Å². The summed E-state index contributed by atoms with van der Waals surface area (Å²) in [6, 6.07) is 15.3. The summed E-state index contributed by atoms with van der Waals surface area (Å²) < 4.78 is 2.03. The molecule has 2 nitrogen and oxygen atoms in total. The summed E-state index contributed by atoms with van der Waals surface area (Å²) in [4.78, 5) is 12.5. The third-order valence-electron chi connectivity index (χ3n) is 3.37. The minimum absolute atomic E-state index is 0.0688. The zero-order valence-electron chi connectivity index (χ0n) is 10.7.